The molecule has 0 saturated carbocycles. The molecule has 1 heterocycles. The quantitative estimate of drug-likeness (QED) is 0.650. The van der Waals surface area contributed by atoms with E-state index < -0.39 is 5.97 Å². The van der Waals surface area contributed by atoms with E-state index in [1.165, 1.54) is 0 Å². The first-order chi connectivity index (χ1) is 11.6. The maximum Gasteiger partial charge on any atom is 0.338 e. The van der Waals surface area contributed by atoms with Gasteiger partial charge in [0.1, 0.15) is 23.9 Å². The molecule has 5 heteroatoms. The zero-order valence-electron chi connectivity index (χ0n) is 13.5. The number of aryl methyl sites for hydroxylation is 2. The molecule has 2 aromatic carbocycles. The molecular formula is C19H17NO4. The molecule has 0 aliphatic rings. The molecule has 0 saturated heterocycles. The number of carbonyl (C=O) groups is 1. The van der Waals surface area contributed by atoms with Gasteiger partial charge in [-0.2, -0.15) is 0 Å². The second kappa shape index (κ2) is 7.00. The summed E-state index contributed by atoms with van der Waals surface area (Å²) < 4.78 is 16.1. The van der Waals surface area contributed by atoms with Crippen molar-refractivity contribution in [2.24, 2.45) is 0 Å². The molecule has 0 unspecified atom stereocenters. The maximum absolute atomic E-state index is 12.1. The van der Waals surface area contributed by atoms with Crippen LogP contribution in [0.15, 0.2) is 59.1 Å². The van der Waals surface area contributed by atoms with Gasteiger partial charge in [0.05, 0.1) is 16.8 Å². The van der Waals surface area contributed by atoms with Crippen LogP contribution < -0.4 is 4.74 Å². The van der Waals surface area contributed by atoms with Gasteiger partial charge in [-0.05, 0) is 50.2 Å². The van der Waals surface area contributed by atoms with Crippen molar-refractivity contribution in [3.05, 3.63) is 77.2 Å². The van der Waals surface area contributed by atoms with E-state index in [4.69, 9.17) is 14.0 Å². The van der Waals surface area contributed by atoms with E-state index in [0.717, 1.165) is 17.0 Å². The lowest BCUT2D eigenvalue weighted by molar-refractivity contribution is 0.0471. The van der Waals surface area contributed by atoms with Gasteiger partial charge in [0.25, 0.3) is 0 Å². The van der Waals surface area contributed by atoms with Gasteiger partial charge >= 0.3 is 5.97 Å². The second-order valence-corrected chi connectivity index (χ2v) is 5.32. The highest BCUT2D eigenvalue weighted by Gasteiger charge is 2.13. The molecule has 1 aromatic heterocycles. The number of para-hydroxylation sites is 1. The molecule has 0 radical (unpaired) electrons. The molecule has 0 atom stereocenters. The average molecular weight is 323 g/mol. The van der Waals surface area contributed by atoms with E-state index in [-0.39, 0.29) is 6.61 Å². The van der Waals surface area contributed by atoms with Crippen molar-refractivity contribution in [3.8, 4) is 11.5 Å². The number of esters is 1. The molecule has 0 amide bonds. The van der Waals surface area contributed by atoms with Crippen LogP contribution in [-0.2, 0) is 11.3 Å². The predicted octanol–water partition coefficient (Wildman–Crippen LogP) is 4.44. The molecule has 0 aliphatic heterocycles. The lowest BCUT2D eigenvalue weighted by Gasteiger charge is -2.07. The summed E-state index contributed by atoms with van der Waals surface area (Å²) in [5.41, 5.74) is 1.99. The van der Waals surface area contributed by atoms with Crippen molar-refractivity contribution in [2.75, 3.05) is 0 Å². The summed E-state index contributed by atoms with van der Waals surface area (Å²) in [7, 11) is 0. The fourth-order valence-corrected chi connectivity index (χ4v) is 2.21. The zero-order valence-corrected chi connectivity index (χ0v) is 13.5. The zero-order chi connectivity index (χ0) is 16.9. The third kappa shape index (κ3) is 3.63. The molecule has 0 fully saturated rings. The highest BCUT2D eigenvalue weighted by Crippen LogP contribution is 2.21. The van der Waals surface area contributed by atoms with Gasteiger partial charge in [0, 0.05) is 0 Å². The van der Waals surface area contributed by atoms with Crippen molar-refractivity contribution >= 4 is 5.97 Å². The molecular weight excluding hydrogens is 306 g/mol. The smallest absolute Gasteiger partial charge is 0.338 e. The number of benzene rings is 2. The van der Waals surface area contributed by atoms with E-state index >= 15 is 0 Å². The van der Waals surface area contributed by atoms with E-state index in [0.29, 0.717) is 17.1 Å². The molecule has 3 aromatic rings. The van der Waals surface area contributed by atoms with Crippen molar-refractivity contribution in [3.63, 3.8) is 0 Å². The molecule has 0 aliphatic carbocycles. The van der Waals surface area contributed by atoms with Crippen molar-refractivity contribution in [2.45, 2.75) is 20.5 Å². The topological polar surface area (TPSA) is 61.6 Å². The Bertz CT molecular complexity index is 803. The first-order valence-electron chi connectivity index (χ1n) is 7.55. The number of aromatic nitrogens is 1. The minimum atomic E-state index is -0.402. The molecule has 24 heavy (non-hydrogen) atoms. The minimum Gasteiger partial charge on any atom is -0.457 e. The predicted molar refractivity (Wildman–Crippen MR) is 88.1 cm³/mol. The van der Waals surface area contributed by atoms with Crippen LogP contribution in [0.4, 0.5) is 0 Å². The Labute approximate surface area is 139 Å². The van der Waals surface area contributed by atoms with Crippen LogP contribution in [0, 0.1) is 13.8 Å². The van der Waals surface area contributed by atoms with Gasteiger partial charge in [-0.3, -0.25) is 0 Å². The van der Waals surface area contributed by atoms with E-state index in [1.54, 1.807) is 31.2 Å². The van der Waals surface area contributed by atoms with Crippen molar-refractivity contribution in [1.29, 1.82) is 0 Å². The lowest BCUT2D eigenvalue weighted by Crippen LogP contribution is -2.06. The summed E-state index contributed by atoms with van der Waals surface area (Å²) in [5.74, 6) is 1.66. The van der Waals surface area contributed by atoms with Crippen LogP contribution in [0.1, 0.15) is 27.4 Å². The van der Waals surface area contributed by atoms with Crippen LogP contribution in [0.5, 0.6) is 11.5 Å². The summed E-state index contributed by atoms with van der Waals surface area (Å²) in [4.78, 5) is 12.1. The number of hydrogen-bond acceptors (Lipinski definition) is 5. The van der Waals surface area contributed by atoms with Gasteiger partial charge in [-0.25, -0.2) is 4.79 Å². The SMILES string of the molecule is Cc1noc(C)c1COC(=O)c1ccc(Oc2ccccc2)cc1. The van der Waals surface area contributed by atoms with E-state index in [2.05, 4.69) is 5.16 Å². The van der Waals surface area contributed by atoms with Gasteiger partial charge < -0.3 is 14.0 Å². The summed E-state index contributed by atoms with van der Waals surface area (Å²) in [6, 6.07) is 16.3. The number of carbonyl (C=O) groups excluding carboxylic acids is 1. The monoisotopic (exact) mass is 323 g/mol. The third-order valence-electron chi connectivity index (χ3n) is 3.60. The Balaban J connectivity index is 1.61. The second-order valence-electron chi connectivity index (χ2n) is 5.32. The van der Waals surface area contributed by atoms with Crippen LogP contribution in [0.2, 0.25) is 0 Å². The molecule has 3 rings (SSSR count). The van der Waals surface area contributed by atoms with E-state index in [9.17, 15) is 4.79 Å². The first kappa shape index (κ1) is 15.8. The number of ether oxygens (including phenoxy) is 2. The highest BCUT2D eigenvalue weighted by atomic mass is 16.5. The van der Waals surface area contributed by atoms with Gasteiger partial charge in [0.2, 0.25) is 0 Å². The first-order valence-corrected chi connectivity index (χ1v) is 7.55. The molecule has 122 valence electrons. The average Bonchev–Trinajstić information content (AvgIpc) is 2.92. The fraction of sp³-hybridized carbons (Fsp3) is 0.158. The third-order valence-corrected chi connectivity index (χ3v) is 3.60. The highest BCUT2D eigenvalue weighted by molar-refractivity contribution is 5.89. The Hall–Kier alpha value is -3.08. The molecule has 0 N–H and O–H groups in total. The van der Waals surface area contributed by atoms with Gasteiger partial charge in [-0.1, -0.05) is 23.4 Å². The lowest BCUT2D eigenvalue weighted by atomic mass is 10.2. The normalized spacial score (nSPS) is 10.4. The Morgan fingerprint density at radius 3 is 2.29 bits per heavy atom. The van der Waals surface area contributed by atoms with E-state index in [1.807, 2.05) is 37.3 Å². The van der Waals surface area contributed by atoms with Crippen LogP contribution in [0.25, 0.3) is 0 Å². The molecule has 5 nitrogen and oxygen atoms in total. The van der Waals surface area contributed by atoms with Crippen molar-refractivity contribution < 1.29 is 18.8 Å². The largest absolute Gasteiger partial charge is 0.457 e. The number of rotatable bonds is 5. The Morgan fingerprint density at radius 2 is 1.67 bits per heavy atom. The summed E-state index contributed by atoms with van der Waals surface area (Å²) in [6.45, 7) is 3.75. The molecule has 0 bridgehead atoms. The van der Waals surface area contributed by atoms with Gasteiger partial charge in [-0.15, -0.1) is 0 Å². The van der Waals surface area contributed by atoms with Crippen LogP contribution in [-0.4, -0.2) is 11.1 Å². The standard InChI is InChI=1S/C19H17NO4/c1-13-18(14(2)24-20-13)12-22-19(21)15-8-10-17(11-9-15)23-16-6-4-3-5-7-16/h3-11H,12H2,1-2H3. The van der Waals surface area contributed by atoms with Crippen LogP contribution >= 0.6 is 0 Å². The summed E-state index contributed by atoms with van der Waals surface area (Å²) in [6.07, 6.45) is 0. The fourth-order valence-electron chi connectivity index (χ4n) is 2.21. The number of hydrogen-bond donors (Lipinski definition) is 0. The summed E-state index contributed by atoms with van der Waals surface area (Å²) in [5, 5.41) is 3.84. The van der Waals surface area contributed by atoms with Crippen molar-refractivity contribution in [1.82, 2.24) is 5.16 Å². The maximum atomic E-state index is 12.1. The van der Waals surface area contributed by atoms with Crippen LogP contribution in [0.3, 0.4) is 0 Å². The molecule has 0 spiro atoms. The Morgan fingerprint density at radius 1 is 1.00 bits per heavy atom. The Kier molecular flexibility index (Phi) is 4.61. The number of nitrogens with zero attached hydrogens (tertiary/aromatic N) is 1. The summed E-state index contributed by atoms with van der Waals surface area (Å²) >= 11 is 0. The van der Waals surface area contributed by atoms with Gasteiger partial charge in [0.15, 0.2) is 0 Å². The minimum absolute atomic E-state index is 0.141.